The lowest BCUT2D eigenvalue weighted by Crippen LogP contribution is -1.86. The molecule has 0 N–H and O–H groups in total. The fourth-order valence-electron chi connectivity index (χ4n) is 3.15. The minimum atomic E-state index is 0.877. The molecular formula is C23H18O. The van der Waals surface area contributed by atoms with Gasteiger partial charge in [-0.25, -0.2) is 0 Å². The van der Waals surface area contributed by atoms with Crippen LogP contribution in [-0.2, 0) is 0 Å². The average molecular weight is 310 g/mol. The highest BCUT2D eigenvalue weighted by Gasteiger charge is 2.11. The number of ether oxygens (including phenoxy) is 1. The number of methoxy groups -OCH3 is 1. The van der Waals surface area contributed by atoms with Crippen LogP contribution in [0.25, 0.3) is 33.4 Å². The molecule has 0 unspecified atom stereocenters. The molecule has 2 aliphatic carbocycles. The molecule has 0 spiro atoms. The molecule has 116 valence electrons. The van der Waals surface area contributed by atoms with Crippen molar-refractivity contribution in [1.82, 2.24) is 0 Å². The van der Waals surface area contributed by atoms with Crippen LogP contribution < -0.4 is 4.74 Å². The van der Waals surface area contributed by atoms with E-state index in [2.05, 4.69) is 78.9 Å². The predicted molar refractivity (Wildman–Crippen MR) is 100 cm³/mol. The molecule has 0 saturated carbocycles. The van der Waals surface area contributed by atoms with Crippen molar-refractivity contribution in [2.75, 3.05) is 7.11 Å². The lowest BCUT2D eigenvalue weighted by Gasteiger charge is -2.10. The molecule has 0 fully saturated rings. The lowest BCUT2D eigenvalue weighted by atomic mass is 9.96. The zero-order chi connectivity index (χ0) is 16.4. The van der Waals surface area contributed by atoms with Gasteiger partial charge < -0.3 is 4.74 Å². The zero-order valence-corrected chi connectivity index (χ0v) is 13.6. The van der Waals surface area contributed by atoms with Crippen molar-refractivity contribution < 1.29 is 4.74 Å². The molecule has 0 atom stereocenters. The van der Waals surface area contributed by atoms with Crippen molar-refractivity contribution in [2.45, 2.75) is 0 Å². The summed E-state index contributed by atoms with van der Waals surface area (Å²) < 4.78 is 5.38. The van der Waals surface area contributed by atoms with Crippen molar-refractivity contribution in [3.8, 4) is 39.1 Å². The summed E-state index contributed by atoms with van der Waals surface area (Å²) in [6.45, 7) is 0. The zero-order valence-electron chi connectivity index (χ0n) is 13.6. The van der Waals surface area contributed by atoms with E-state index >= 15 is 0 Å². The van der Waals surface area contributed by atoms with Gasteiger partial charge in [0.15, 0.2) is 0 Å². The topological polar surface area (TPSA) is 9.23 Å². The summed E-state index contributed by atoms with van der Waals surface area (Å²) in [6.07, 6.45) is 0. The summed E-state index contributed by atoms with van der Waals surface area (Å²) >= 11 is 0. The van der Waals surface area contributed by atoms with Crippen molar-refractivity contribution in [3.63, 3.8) is 0 Å². The maximum Gasteiger partial charge on any atom is 0.119 e. The van der Waals surface area contributed by atoms with Crippen LogP contribution in [0.4, 0.5) is 0 Å². The molecule has 1 nitrogen and oxygen atoms in total. The Bertz CT molecular complexity index is 924. The van der Waals surface area contributed by atoms with Crippen LogP contribution in [0, 0.1) is 0 Å². The maximum atomic E-state index is 5.38. The smallest absolute Gasteiger partial charge is 0.119 e. The molecule has 0 saturated heterocycles. The van der Waals surface area contributed by atoms with E-state index < -0.39 is 0 Å². The van der Waals surface area contributed by atoms with Gasteiger partial charge in [0, 0.05) is 0 Å². The van der Waals surface area contributed by atoms with Gasteiger partial charge in [-0.15, -0.1) is 0 Å². The molecule has 0 aromatic heterocycles. The Morgan fingerprint density at radius 2 is 1.08 bits per heavy atom. The Kier molecular flexibility index (Phi) is 3.76. The molecule has 2 aliphatic rings. The van der Waals surface area contributed by atoms with E-state index in [4.69, 9.17) is 4.74 Å². The average Bonchev–Trinajstić information content (AvgIpc) is 2.92. The van der Waals surface area contributed by atoms with E-state index in [1.54, 1.807) is 7.11 Å². The van der Waals surface area contributed by atoms with Crippen molar-refractivity contribution in [1.29, 1.82) is 0 Å². The van der Waals surface area contributed by atoms with Gasteiger partial charge in [-0.3, -0.25) is 0 Å². The van der Waals surface area contributed by atoms with Crippen molar-refractivity contribution in [3.05, 3.63) is 91.0 Å². The first-order chi connectivity index (χ1) is 11.8. The van der Waals surface area contributed by atoms with E-state index in [1.807, 2.05) is 12.1 Å². The Hall–Kier alpha value is -3.06. The van der Waals surface area contributed by atoms with Crippen molar-refractivity contribution >= 4 is 0 Å². The highest BCUT2D eigenvalue weighted by Crippen LogP contribution is 2.37. The van der Waals surface area contributed by atoms with Gasteiger partial charge in [-0.1, -0.05) is 66.7 Å². The second kappa shape index (κ2) is 6.21. The Morgan fingerprint density at radius 3 is 1.75 bits per heavy atom. The van der Waals surface area contributed by atoms with E-state index in [1.165, 1.54) is 33.4 Å². The Balaban J connectivity index is 1.88. The number of hydrogen-bond donors (Lipinski definition) is 0. The number of fused-ring (bicyclic) bond motifs is 1. The van der Waals surface area contributed by atoms with Crippen molar-refractivity contribution in [2.24, 2.45) is 0 Å². The molecule has 0 heterocycles. The Labute approximate surface area is 142 Å². The molecule has 0 bridgehead atoms. The van der Waals surface area contributed by atoms with E-state index in [0.29, 0.717) is 0 Å². The predicted octanol–water partition coefficient (Wildman–Crippen LogP) is 6.13. The normalized spacial score (nSPS) is 10.7. The summed E-state index contributed by atoms with van der Waals surface area (Å²) in [4.78, 5) is 0. The summed E-state index contributed by atoms with van der Waals surface area (Å²) in [5.41, 5.74) is 7.39. The minimum Gasteiger partial charge on any atom is -0.497 e. The first-order valence-corrected chi connectivity index (χ1v) is 8.08. The SMILES string of the molecule is COc1cccc(-c2ccccc2-c2cc3cccccc-3c2)c1. The molecule has 2 aromatic rings. The largest absolute Gasteiger partial charge is 0.497 e. The molecule has 1 heteroatoms. The molecule has 0 aliphatic heterocycles. The molecule has 4 rings (SSSR count). The summed E-state index contributed by atoms with van der Waals surface area (Å²) in [5.74, 6) is 0.877. The van der Waals surface area contributed by atoms with Gasteiger partial charge in [-0.05, 0) is 57.6 Å². The van der Waals surface area contributed by atoms with E-state index in [9.17, 15) is 0 Å². The fourth-order valence-corrected chi connectivity index (χ4v) is 3.15. The molecule has 24 heavy (non-hydrogen) atoms. The Morgan fingerprint density at radius 1 is 0.500 bits per heavy atom. The fraction of sp³-hybridized carbons (Fsp3) is 0.0435. The molecule has 2 aromatic carbocycles. The van der Waals surface area contributed by atoms with Gasteiger partial charge in [0.25, 0.3) is 0 Å². The van der Waals surface area contributed by atoms with Crippen LogP contribution in [0.5, 0.6) is 5.75 Å². The number of rotatable bonds is 3. The molecular weight excluding hydrogens is 292 g/mol. The summed E-state index contributed by atoms with van der Waals surface area (Å²) in [5, 5.41) is 0. The molecule has 0 radical (unpaired) electrons. The van der Waals surface area contributed by atoms with Crippen LogP contribution >= 0.6 is 0 Å². The third-order valence-corrected chi connectivity index (χ3v) is 4.35. The highest BCUT2D eigenvalue weighted by molar-refractivity contribution is 5.88. The van der Waals surface area contributed by atoms with Gasteiger partial charge in [0.1, 0.15) is 5.75 Å². The van der Waals surface area contributed by atoms with E-state index in [0.717, 1.165) is 5.75 Å². The third kappa shape index (κ3) is 2.65. The van der Waals surface area contributed by atoms with Crippen LogP contribution in [0.15, 0.2) is 91.0 Å². The number of benzene rings is 2. The van der Waals surface area contributed by atoms with E-state index in [-0.39, 0.29) is 0 Å². The van der Waals surface area contributed by atoms with Gasteiger partial charge in [-0.2, -0.15) is 0 Å². The first-order valence-electron chi connectivity index (χ1n) is 8.08. The second-order valence-corrected chi connectivity index (χ2v) is 5.84. The summed E-state index contributed by atoms with van der Waals surface area (Å²) in [6, 6.07) is 31.8. The second-order valence-electron chi connectivity index (χ2n) is 5.84. The van der Waals surface area contributed by atoms with Crippen LogP contribution in [0.2, 0.25) is 0 Å². The van der Waals surface area contributed by atoms with Gasteiger partial charge in [0.05, 0.1) is 7.11 Å². The first kappa shape index (κ1) is 14.5. The van der Waals surface area contributed by atoms with Gasteiger partial charge >= 0.3 is 0 Å². The van der Waals surface area contributed by atoms with Crippen LogP contribution in [-0.4, -0.2) is 7.11 Å². The quantitative estimate of drug-likeness (QED) is 0.442. The minimum absolute atomic E-state index is 0.877. The monoisotopic (exact) mass is 310 g/mol. The summed E-state index contributed by atoms with van der Waals surface area (Å²) in [7, 11) is 1.70. The number of hydrogen-bond acceptors (Lipinski definition) is 1. The lowest BCUT2D eigenvalue weighted by molar-refractivity contribution is 0.415. The maximum absolute atomic E-state index is 5.38. The van der Waals surface area contributed by atoms with Crippen LogP contribution in [0.3, 0.4) is 0 Å². The standard InChI is InChI=1S/C23H18O/c1-24-21-11-7-10-19(16-21)22-12-5-6-13-23(22)20-14-17-8-3-2-4-9-18(17)15-20/h2-16H,1H3. The highest BCUT2D eigenvalue weighted by atomic mass is 16.5. The molecule has 0 amide bonds. The third-order valence-electron chi connectivity index (χ3n) is 4.35. The van der Waals surface area contributed by atoms with Gasteiger partial charge in [0.2, 0.25) is 0 Å². The van der Waals surface area contributed by atoms with Crippen LogP contribution in [0.1, 0.15) is 0 Å².